The van der Waals surface area contributed by atoms with E-state index in [1.165, 1.54) is 0 Å². The minimum atomic E-state index is 0.417. The molecule has 3 nitrogen and oxygen atoms in total. The molecule has 0 aliphatic heterocycles. The molecular weight excluding hydrogens is 269 g/mol. The minimum Gasteiger partial charge on any atom is -0.398 e. The van der Waals surface area contributed by atoms with E-state index in [0.29, 0.717) is 27.0 Å². The summed E-state index contributed by atoms with van der Waals surface area (Å²) in [5, 5.41) is 13.0. The summed E-state index contributed by atoms with van der Waals surface area (Å²) < 4.78 is 0. The van der Waals surface area contributed by atoms with Gasteiger partial charge in [0.25, 0.3) is 0 Å². The lowest BCUT2D eigenvalue weighted by Crippen LogP contribution is -1.95. The molecule has 18 heavy (non-hydrogen) atoms. The first-order chi connectivity index (χ1) is 8.60. The maximum absolute atomic E-state index is 8.79. The van der Waals surface area contributed by atoms with Crippen LogP contribution in [0.2, 0.25) is 10.0 Å². The molecular formula is C13H9Cl2N3. The molecule has 0 amide bonds. The van der Waals surface area contributed by atoms with Gasteiger partial charge in [-0.2, -0.15) is 5.26 Å². The van der Waals surface area contributed by atoms with Gasteiger partial charge in [-0.15, -0.1) is 0 Å². The standard InChI is InChI=1S/C13H9Cl2N3/c14-9-2-4-11(15)13(5-9)18-10-3-1-8(7-16)12(17)6-10/h1-6,18H,17H2. The molecule has 5 heteroatoms. The molecule has 0 unspecified atom stereocenters. The summed E-state index contributed by atoms with van der Waals surface area (Å²) in [5.41, 5.74) is 8.03. The molecule has 0 bridgehead atoms. The van der Waals surface area contributed by atoms with Crippen molar-refractivity contribution in [2.45, 2.75) is 0 Å². The average Bonchev–Trinajstić information content (AvgIpc) is 2.34. The van der Waals surface area contributed by atoms with Crippen LogP contribution in [0.25, 0.3) is 0 Å². The number of halogens is 2. The van der Waals surface area contributed by atoms with Gasteiger partial charge in [0.1, 0.15) is 6.07 Å². The van der Waals surface area contributed by atoms with Gasteiger partial charge in [0.05, 0.1) is 22.0 Å². The molecule has 0 saturated carbocycles. The fourth-order valence-electron chi connectivity index (χ4n) is 1.49. The highest BCUT2D eigenvalue weighted by atomic mass is 35.5. The van der Waals surface area contributed by atoms with E-state index in [2.05, 4.69) is 5.32 Å². The van der Waals surface area contributed by atoms with E-state index in [1.807, 2.05) is 6.07 Å². The number of nitriles is 1. The second-order valence-electron chi connectivity index (χ2n) is 3.66. The van der Waals surface area contributed by atoms with Gasteiger partial charge in [-0.3, -0.25) is 0 Å². The highest BCUT2D eigenvalue weighted by molar-refractivity contribution is 6.35. The zero-order chi connectivity index (χ0) is 13.1. The Bertz CT molecular complexity index is 633. The van der Waals surface area contributed by atoms with Gasteiger partial charge in [0.2, 0.25) is 0 Å². The fourth-order valence-corrected chi connectivity index (χ4v) is 1.83. The smallest absolute Gasteiger partial charge is 0.101 e. The van der Waals surface area contributed by atoms with Gasteiger partial charge >= 0.3 is 0 Å². The third-order valence-corrected chi connectivity index (χ3v) is 2.94. The van der Waals surface area contributed by atoms with Crippen LogP contribution in [0, 0.1) is 11.3 Å². The van der Waals surface area contributed by atoms with Crippen molar-refractivity contribution in [1.29, 1.82) is 5.26 Å². The van der Waals surface area contributed by atoms with Crippen molar-refractivity contribution in [2.75, 3.05) is 11.1 Å². The Hall–Kier alpha value is -1.89. The summed E-state index contributed by atoms with van der Waals surface area (Å²) in [4.78, 5) is 0. The van der Waals surface area contributed by atoms with Crippen LogP contribution in [0.4, 0.5) is 17.1 Å². The summed E-state index contributed by atoms with van der Waals surface area (Å²) in [6.45, 7) is 0. The lowest BCUT2D eigenvalue weighted by atomic mass is 10.1. The SMILES string of the molecule is N#Cc1ccc(Nc2cc(Cl)ccc2Cl)cc1N. The summed E-state index contributed by atoms with van der Waals surface area (Å²) in [6, 6.07) is 12.2. The maximum atomic E-state index is 8.79. The van der Waals surface area contributed by atoms with Gasteiger partial charge in [-0.1, -0.05) is 23.2 Å². The fraction of sp³-hybridized carbons (Fsp3) is 0. The summed E-state index contributed by atoms with van der Waals surface area (Å²) in [5.74, 6) is 0. The van der Waals surface area contributed by atoms with Crippen molar-refractivity contribution in [3.63, 3.8) is 0 Å². The zero-order valence-electron chi connectivity index (χ0n) is 9.24. The number of nitrogens with one attached hydrogen (secondary N) is 1. The summed E-state index contributed by atoms with van der Waals surface area (Å²) in [7, 11) is 0. The number of hydrogen-bond acceptors (Lipinski definition) is 3. The quantitative estimate of drug-likeness (QED) is 0.809. The van der Waals surface area contributed by atoms with Crippen molar-refractivity contribution in [1.82, 2.24) is 0 Å². The molecule has 0 heterocycles. The van der Waals surface area contributed by atoms with Crippen LogP contribution >= 0.6 is 23.2 Å². The van der Waals surface area contributed by atoms with Crippen molar-refractivity contribution in [3.8, 4) is 6.07 Å². The second-order valence-corrected chi connectivity index (χ2v) is 4.51. The van der Waals surface area contributed by atoms with Crippen LogP contribution in [0.1, 0.15) is 5.56 Å². The summed E-state index contributed by atoms with van der Waals surface area (Å²) >= 11 is 11.9. The molecule has 0 aromatic heterocycles. The van der Waals surface area contributed by atoms with Crippen LogP contribution < -0.4 is 11.1 Å². The lowest BCUT2D eigenvalue weighted by molar-refractivity contribution is 1.47. The largest absolute Gasteiger partial charge is 0.398 e. The maximum Gasteiger partial charge on any atom is 0.101 e. The van der Waals surface area contributed by atoms with E-state index in [-0.39, 0.29) is 0 Å². The van der Waals surface area contributed by atoms with E-state index in [4.69, 9.17) is 34.2 Å². The third-order valence-electron chi connectivity index (χ3n) is 2.38. The van der Waals surface area contributed by atoms with Crippen LogP contribution in [0.15, 0.2) is 36.4 Å². The topological polar surface area (TPSA) is 61.8 Å². The van der Waals surface area contributed by atoms with Gasteiger partial charge in [0, 0.05) is 10.7 Å². The third kappa shape index (κ3) is 2.67. The highest BCUT2D eigenvalue weighted by Crippen LogP contribution is 2.29. The molecule has 2 rings (SSSR count). The van der Waals surface area contributed by atoms with E-state index in [0.717, 1.165) is 5.69 Å². The number of anilines is 3. The Labute approximate surface area is 115 Å². The van der Waals surface area contributed by atoms with E-state index >= 15 is 0 Å². The van der Waals surface area contributed by atoms with Crippen molar-refractivity contribution >= 4 is 40.3 Å². The number of nitrogen functional groups attached to an aromatic ring is 1. The average molecular weight is 278 g/mol. The lowest BCUT2D eigenvalue weighted by Gasteiger charge is -2.10. The minimum absolute atomic E-state index is 0.417. The number of nitrogens with two attached hydrogens (primary N) is 1. The predicted octanol–water partition coefficient (Wildman–Crippen LogP) is 4.19. The van der Waals surface area contributed by atoms with Crippen molar-refractivity contribution in [3.05, 3.63) is 52.0 Å². The normalized spacial score (nSPS) is 9.83. The van der Waals surface area contributed by atoms with Gasteiger partial charge in [-0.05, 0) is 36.4 Å². The molecule has 0 atom stereocenters. The Kier molecular flexibility index (Phi) is 3.61. The van der Waals surface area contributed by atoms with Crippen LogP contribution in [0.3, 0.4) is 0 Å². The monoisotopic (exact) mass is 277 g/mol. The number of rotatable bonds is 2. The Morgan fingerprint density at radius 2 is 1.89 bits per heavy atom. The zero-order valence-corrected chi connectivity index (χ0v) is 10.8. The van der Waals surface area contributed by atoms with Gasteiger partial charge in [-0.25, -0.2) is 0 Å². The van der Waals surface area contributed by atoms with Crippen molar-refractivity contribution in [2.24, 2.45) is 0 Å². The molecule has 0 aliphatic carbocycles. The van der Waals surface area contributed by atoms with Crippen molar-refractivity contribution < 1.29 is 0 Å². The second kappa shape index (κ2) is 5.18. The number of nitrogens with zero attached hydrogens (tertiary/aromatic N) is 1. The Balaban J connectivity index is 2.32. The van der Waals surface area contributed by atoms with Crippen LogP contribution in [-0.4, -0.2) is 0 Å². The molecule has 90 valence electrons. The molecule has 2 aromatic carbocycles. The van der Waals surface area contributed by atoms with Crippen LogP contribution in [0.5, 0.6) is 0 Å². The van der Waals surface area contributed by atoms with Crippen LogP contribution in [-0.2, 0) is 0 Å². The molecule has 0 fully saturated rings. The Morgan fingerprint density at radius 3 is 2.56 bits per heavy atom. The number of hydrogen-bond donors (Lipinski definition) is 2. The Morgan fingerprint density at radius 1 is 1.11 bits per heavy atom. The first-order valence-corrected chi connectivity index (χ1v) is 5.87. The van der Waals surface area contributed by atoms with Gasteiger partial charge in [0.15, 0.2) is 0 Å². The molecule has 2 aromatic rings. The molecule has 0 saturated heterocycles. The molecule has 0 aliphatic rings. The molecule has 3 N–H and O–H groups in total. The van der Waals surface area contributed by atoms with E-state index in [1.54, 1.807) is 36.4 Å². The first-order valence-electron chi connectivity index (χ1n) is 5.12. The predicted molar refractivity (Wildman–Crippen MR) is 75.3 cm³/mol. The molecule has 0 spiro atoms. The highest BCUT2D eigenvalue weighted by Gasteiger charge is 2.04. The molecule has 0 radical (unpaired) electrons. The number of benzene rings is 2. The van der Waals surface area contributed by atoms with E-state index < -0.39 is 0 Å². The van der Waals surface area contributed by atoms with Gasteiger partial charge < -0.3 is 11.1 Å². The first kappa shape index (κ1) is 12.6. The van der Waals surface area contributed by atoms with E-state index in [9.17, 15) is 0 Å². The summed E-state index contributed by atoms with van der Waals surface area (Å²) in [6.07, 6.45) is 0.